The molecule has 0 spiro atoms. The standard InChI is InChI=1S/C16H15N3/c1-2-6-14(7-3-1)17-15-8-10-16(11-9-15)18-19-12-4-5-13-19/h1-13,17-18H. The monoisotopic (exact) mass is 249 g/mol. The summed E-state index contributed by atoms with van der Waals surface area (Å²) in [5.74, 6) is 0. The van der Waals surface area contributed by atoms with Crippen molar-refractivity contribution in [2.75, 3.05) is 10.7 Å². The second-order valence-corrected chi connectivity index (χ2v) is 4.27. The van der Waals surface area contributed by atoms with Gasteiger partial charge in [-0.3, -0.25) is 10.1 Å². The van der Waals surface area contributed by atoms with Crippen molar-refractivity contribution in [1.82, 2.24) is 4.68 Å². The van der Waals surface area contributed by atoms with Crippen LogP contribution in [0.1, 0.15) is 0 Å². The molecular formula is C16H15N3. The van der Waals surface area contributed by atoms with E-state index in [0.29, 0.717) is 0 Å². The predicted molar refractivity (Wildman–Crippen MR) is 79.6 cm³/mol. The van der Waals surface area contributed by atoms with Gasteiger partial charge in [0.25, 0.3) is 0 Å². The van der Waals surface area contributed by atoms with Crippen molar-refractivity contribution in [3.63, 3.8) is 0 Å². The molecule has 0 aliphatic rings. The molecule has 0 aliphatic carbocycles. The summed E-state index contributed by atoms with van der Waals surface area (Å²) in [6.45, 7) is 0. The first-order valence-electron chi connectivity index (χ1n) is 6.22. The van der Waals surface area contributed by atoms with Crippen LogP contribution in [-0.4, -0.2) is 4.68 Å². The minimum atomic E-state index is 1.05. The number of anilines is 3. The fraction of sp³-hybridized carbons (Fsp3) is 0. The molecule has 19 heavy (non-hydrogen) atoms. The second-order valence-electron chi connectivity index (χ2n) is 4.27. The molecule has 0 amide bonds. The average molecular weight is 249 g/mol. The zero-order chi connectivity index (χ0) is 12.9. The minimum Gasteiger partial charge on any atom is -0.356 e. The third-order valence-electron chi connectivity index (χ3n) is 2.81. The van der Waals surface area contributed by atoms with Gasteiger partial charge in [-0.05, 0) is 48.5 Å². The molecule has 0 saturated heterocycles. The number of nitrogens with zero attached hydrogens (tertiary/aromatic N) is 1. The zero-order valence-corrected chi connectivity index (χ0v) is 10.5. The predicted octanol–water partition coefficient (Wildman–Crippen LogP) is 4.11. The van der Waals surface area contributed by atoms with E-state index in [1.807, 2.05) is 71.7 Å². The zero-order valence-electron chi connectivity index (χ0n) is 10.5. The minimum absolute atomic E-state index is 1.05. The van der Waals surface area contributed by atoms with Gasteiger partial charge in [0.1, 0.15) is 0 Å². The van der Waals surface area contributed by atoms with Crippen LogP contribution in [0.15, 0.2) is 79.1 Å². The molecule has 2 N–H and O–H groups in total. The molecule has 2 aromatic carbocycles. The van der Waals surface area contributed by atoms with Gasteiger partial charge in [-0.1, -0.05) is 18.2 Å². The Kier molecular flexibility index (Phi) is 3.19. The molecule has 3 aromatic rings. The molecule has 0 bridgehead atoms. The maximum atomic E-state index is 3.36. The number of nitrogens with one attached hydrogen (secondary N) is 2. The SMILES string of the molecule is c1ccc(Nc2ccc(Nn3cccc3)cc2)cc1. The van der Waals surface area contributed by atoms with Crippen LogP contribution in [0.25, 0.3) is 0 Å². The van der Waals surface area contributed by atoms with E-state index in [2.05, 4.69) is 22.9 Å². The lowest BCUT2D eigenvalue weighted by atomic mass is 10.2. The fourth-order valence-corrected chi connectivity index (χ4v) is 1.87. The van der Waals surface area contributed by atoms with Gasteiger partial charge in [-0.15, -0.1) is 0 Å². The van der Waals surface area contributed by atoms with E-state index in [4.69, 9.17) is 0 Å². The lowest BCUT2D eigenvalue weighted by Gasteiger charge is -2.09. The van der Waals surface area contributed by atoms with E-state index in [0.717, 1.165) is 17.1 Å². The Morgan fingerprint density at radius 3 is 1.84 bits per heavy atom. The summed E-state index contributed by atoms with van der Waals surface area (Å²) in [5, 5.41) is 3.36. The number of aromatic nitrogens is 1. The highest BCUT2D eigenvalue weighted by atomic mass is 15.4. The molecule has 0 saturated carbocycles. The van der Waals surface area contributed by atoms with Gasteiger partial charge in [0.2, 0.25) is 0 Å². The summed E-state index contributed by atoms with van der Waals surface area (Å²) < 4.78 is 1.92. The molecule has 1 heterocycles. The van der Waals surface area contributed by atoms with Gasteiger partial charge in [0.05, 0.1) is 5.69 Å². The van der Waals surface area contributed by atoms with Crippen molar-refractivity contribution in [1.29, 1.82) is 0 Å². The summed E-state index contributed by atoms with van der Waals surface area (Å²) in [7, 11) is 0. The Balaban J connectivity index is 1.69. The normalized spacial score (nSPS) is 10.1. The van der Waals surface area contributed by atoms with Gasteiger partial charge < -0.3 is 5.32 Å². The van der Waals surface area contributed by atoms with Crippen LogP contribution in [0, 0.1) is 0 Å². The fourth-order valence-electron chi connectivity index (χ4n) is 1.87. The summed E-state index contributed by atoms with van der Waals surface area (Å²) in [4.78, 5) is 0. The molecule has 3 nitrogen and oxygen atoms in total. The smallest absolute Gasteiger partial charge is 0.0547 e. The highest BCUT2D eigenvalue weighted by Crippen LogP contribution is 2.18. The van der Waals surface area contributed by atoms with E-state index in [1.165, 1.54) is 0 Å². The van der Waals surface area contributed by atoms with E-state index < -0.39 is 0 Å². The van der Waals surface area contributed by atoms with Gasteiger partial charge in [0, 0.05) is 23.8 Å². The van der Waals surface area contributed by atoms with Crippen molar-refractivity contribution in [2.45, 2.75) is 0 Å². The molecular weight excluding hydrogens is 234 g/mol. The Morgan fingerprint density at radius 1 is 0.579 bits per heavy atom. The van der Waals surface area contributed by atoms with Crippen molar-refractivity contribution >= 4 is 17.1 Å². The van der Waals surface area contributed by atoms with Gasteiger partial charge >= 0.3 is 0 Å². The third kappa shape index (κ3) is 2.96. The average Bonchev–Trinajstić information content (AvgIpc) is 2.95. The van der Waals surface area contributed by atoms with Gasteiger partial charge in [-0.2, -0.15) is 0 Å². The van der Waals surface area contributed by atoms with E-state index >= 15 is 0 Å². The van der Waals surface area contributed by atoms with E-state index in [1.54, 1.807) is 0 Å². The van der Waals surface area contributed by atoms with Crippen LogP contribution in [0.3, 0.4) is 0 Å². The summed E-state index contributed by atoms with van der Waals surface area (Å²) in [6, 6.07) is 22.3. The number of para-hydroxylation sites is 1. The molecule has 1 aromatic heterocycles. The molecule has 3 rings (SSSR count). The summed E-state index contributed by atoms with van der Waals surface area (Å²) in [5.41, 5.74) is 6.48. The maximum absolute atomic E-state index is 3.36. The van der Waals surface area contributed by atoms with Gasteiger partial charge in [0.15, 0.2) is 0 Å². The van der Waals surface area contributed by atoms with E-state index in [9.17, 15) is 0 Å². The molecule has 0 aliphatic heterocycles. The Morgan fingerprint density at radius 2 is 1.16 bits per heavy atom. The van der Waals surface area contributed by atoms with Crippen LogP contribution in [0.2, 0.25) is 0 Å². The molecule has 0 atom stereocenters. The molecule has 0 fully saturated rings. The lowest BCUT2D eigenvalue weighted by molar-refractivity contribution is 0.971. The molecule has 3 heteroatoms. The van der Waals surface area contributed by atoms with E-state index in [-0.39, 0.29) is 0 Å². The summed E-state index contributed by atoms with van der Waals surface area (Å²) >= 11 is 0. The highest BCUT2D eigenvalue weighted by molar-refractivity contribution is 5.62. The quantitative estimate of drug-likeness (QED) is 0.728. The van der Waals surface area contributed by atoms with Crippen LogP contribution >= 0.6 is 0 Å². The van der Waals surface area contributed by atoms with Gasteiger partial charge in [-0.25, -0.2) is 0 Å². The first-order valence-corrected chi connectivity index (χ1v) is 6.22. The van der Waals surface area contributed by atoms with Crippen molar-refractivity contribution in [3.05, 3.63) is 79.1 Å². The van der Waals surface area contributed by atoms with Crippen LogP contribution in [0.4, 0.5) is 17.1 Å². The number of hydrogen-bond acceptors (Lipinski definition) is 2. The number of hydrogen-bond donors (Lipinski definition) is 2. The second kappa shape index (κ2) is 5.31. The Bertz CT molecular complexity index is 613. The Labute approximate surface area is 112 Å². The topological polar surface area (TPSA) is 29.0 Å². The number of benzene rings is 2. The molecule has 94 valence electrons. The molecule has 0 unspecified atom stereocenters. The highest BCUT2D eigenvalue weighted by Gasteiger charge is 1.95. The number of rotatable bonds is 4. The van der Waals surface area contributed by atoms with Crippen LogP contribution in [0.5, 0.6) is 0 Å². The largest absolute Gasteiger partial charge is 0.356 e. The van der Waals surface area contributed by atoms with Crippen LogP contribution in [-0.2, 0) is 0 Å². The maximum Gasteiger partial charge on any atom is 0.0547 e. The third-order valence-corrected chi connectivity index (χ3v) is 2.81. The summed E-state index contributed by atoms with van der Waals surface area (Å²) in [6.07, 6.45) is 3.94. The van der Waals surface area contributed by atoms with Crippen LogP contribution < -0.4 is 10.7 Å². The van der Waals surface area contributed by atoms with Crippen molar-refractivity contribution < 1.29 is 0 Å². The lowest BCUT2D eigenvalue weighted by Crippen LogP contribution is -2.05. The van der Waals surface area contributed by atoms with Crippen molar-refractivity contribution in [2.24, 2.45) is 0 Å². The first kappa shape index (κ1) is 11.4. The van der Waals surface area contributed by atoms with Crippen molar-refractivity contribution in [3.8, 4) is 0 Å². The first-order chi connectivity index (χ1) is 9.40. The molecule has 0 radical (unpaired) electrons. The Hall–Kier alpha value is -2.68.